The van der Waals surface area contributed by atoms with Crippen molar-refractivity contribution in [2.24, 2.45) is 0 Å². The molecule has 0 aliphatic carbocycles. The van der Waals surface area contributed by atoms with Crippen molar-refractivity contribution in [2.75, 3.05) is 19.8 Å². The van der Waals surface area contributed by atoms with E-state index in [0.29, 0.717) is 35.4 Å². The zero-order valence-corrected chi connectivity index (χ0v) is 15.6. The molecule has 0 radical (unpaired) electrons. The molecule has 8 heteroatoms. The quantitative estimate of drug-likeness (QED) is 0.547. The lowest BCUT2D eigenvalue weighted by atomic mass is 10.1. The van der Waals surface area contributed by atoms with Crippen LogP contribution in [0.25, 0.3) is 0 Å². The summed E-state index contributed by atoms with van der Waals surface area (Å²) in [5.41, 5.74) is 0.710. The Balaban J connectivity index is 0.00000225. The summed E-state index contributed by atoms with van der Waals surface area (Å²) in [4.78, 5) is 4.06. The van der Waals surface area contributed by atoms with Gasteiger partial charge in [0.25, 0.3) is 0 Å². The zero-order valence-electron chi connectivity index (χ0n) is 13.2. The molecule has 0 amide bonds. The van der Waals surface area contributed by atoms with Crippen LogP contribution in [0.15, 0.2) is 36.9 Å². The summed E-state index contributed by atoms with van der Waals surface area (Å²) in [6, 6.07) is 5.24. The average Bonchev–Trinajstić information content (AvgIpc) is 3.19. The summed E-state index contributed by atoms with van der Waals surface area (Å²) >= 11 is 12.4. The molecule has 2 heterocycles. The summed E-state index contributed by atoms with van der Waals surface area (Å²) in [5.74, 6) is 1.39. The summed E-state index contributed by atoms with van der Waals surface area (Å²) in [6.45, 7) is 1.36. The highest BCUT2D eigenvalue weighted by atomic mass is 35.5. The van der Waals surface area contributed by atoms with Crippen LogP contribution in [0.1, 0.15) is 5.56 Å². The number of halogens is 3. The molecular weight excluding hydrogens is 387 g/mol. The van der Waals surface area contributed by atoms with E-state index in [-0.39, 0.29) is 25.1 Å². The second-order valence-corrected chi connectivity index (χ2v) is 6.23. The smallest absolute Gasteiger partial charge is 0.215 e. The van der Waals surface area contributed by atoms with Gasteiger partial charge in [0.05, 0.1) is 31.1 Å². The maximum absolute atomic E-state index is 6.39. The minimum absolute atomic E-state index is 0. The molecule has 0 spiro atoms. The molecular formula is C17H17Cl3N2O3. The lowest BCUT2D eigenvalue weighted by molar-refractivity contribution is -0.191. The number of hydrogen-bond acceptors (Lipinski definition) is 4. The SMILES string of the molecule is C#CCOCC1COC(Cn2ccnc2)(c2ccc(Cl)cc2Cl)O1.Cl. The van der Waals surface area contributed by atoms with Gasteiger partial charge in [-0.25, -0.2) is 4.98 Å². The average molecular weight is 404 g/mol. The first kappa shape index (κ1) is 20.1. The van der Waals surface area contributed by atoms with Gasteiger partial charge < -0.3 is 18.8 Å². The third kappa shape index (κ3) is 4.68. The van der Waals surface area contributed by atoms with Gasteiger partial charge in [-0.2, -0.15) is 0 Å². The zero-order chi connectivity index (χ0) is 17.0. The minimum Gasteiger partial charge on any atom is -0.366 e. The van der Waals surface area contributed by atoms with Crippen molar-refractivity contribution in [3.05, 3.63) is 52.5 Å². The minimum atomic E-state index is -1.04. The van der Waals surface area contributed by atoms with Crippen molar-refractivity contribution >= 4 is 35.6 Å². The van der Waals surface area contributed by atoms with Gasteiger partial charge in [0, 0.05) is 23.0 Å². The number of benzene rings is 1. The number of terminal acetylenes is 1. The molecule has 3 rings (SSSR count). The number of ether oxygens (including phenoxy) is 3. The van der Waals surface area contributed by atoms with E-state index in [4.69, 9.17) is 43.8 Å². The highest BCUT2D eigenvalue weighted by Gasteiger charge is 2.45. The Morgan fingerprint density at radius 3 is 2.96 bits per heavy atom. The standard InChI is InChI=1S/C17H16Cl2N2O3.ClH/c1-2-7-22-9-14-10-23-17(24-14,11-21-6-5-20-12-21)15-4-3-13(18)8-16(15)19;/h1,3-6,8,12,14H,7,9-11H2;1H. The second kappa shape index (κ2) is 8.91. The predicted octanol–water partition coefficient (Wildman–Crippen LogP) is 3.53. The topological polar surface area (TPSA) is 45.5 Å². The first-order valence-corrected chi connectivity index (χ1v) is 8.13. The van der Waals surface area contributed by atoms with Crippen LogP contribution in [0.4, 0.5) is 0 Å². The van der Waals surface area contributed by atoms with E-state index in [1.54, 1.807) is 24.7 Å². The number of aromatic nitrogens is 2. The third-order valence-electron chi connectivity index (χ3n) is 3.64. The van der Waals surface area contributed by atoms with E-state index in [9.17, 15) is 0 Å². The monoisotopic (exact) mass is 402 g/mol. The van der Waals surface area contributed by atoms with Gasteiger partial charge in [-0.3, -0.25) is 0 Å². The third-order valence-corrected chi connectivity index (χ3v) is 4.19. The molecule has 1 fully saturated rings. The molecule has 2 atom stereocenters. The van der Waals surface area contributed by atoms with E-state index in [1.165, 1.54) is 0 Å². The largest absolute Gasteiger partial charge is 0.366 e. The Morgan fingerprint density at radius 2 is 2.28 bits per heavy atom. The number of imidazole rings is 1. The van der Waals surface area contributed by atoms with Gasteiger partial charge in [-0.05, 0) is 12.1 Å². The van der Waals surface area contributed by atoms with Gasteiger partial charge in [-0.15, -0.1) is 18.8 Å². The van der Waals surface area contributed by atoms with Crippen LogP contribution in [-0.2, 0) is 26.5 Å². The van der Waals surface area contributed by atoms with E-state index < -0.39 is 5.79 Å². The van der Waals surface area contributed by atoms with Crippen molar-refractivity contribution in [3.63, 3.8) is 0 Å². The molecule has 2 unspecified atom stereocenters. The van der Waals surface area contributed by atoms with Crippen LogP contribution < -0.4 is 0 Å². The summed E-state index contributed by atoms with van der Waals surface area (Å²) in [5, 5.41) is 1.03. The van der Waals surface area contributed by atoms with Crippen LogP contribution in [0, 0.1) is 12.3 Å². The summed E-state index contributed by atoms with van der Waals surface area (Å²) in [6.07, 6.45) is 10.2. The molecule has 0 N–H and O–H groups in total. The van der Waals surface area contributed by atoms with Crippen molar-refractivity contribution in [1.82, 2.24) is 9.55 Å². The lowest BCUT2D eigenvalue weighted by Crippen LogP contribution is -2.34. The molecule has 1 aromatic carbocycles. The van der Waals surface area contributed by atoms with Gasteiger partial charge in [0.2, 0.25) is 5.79 Å². The molecule has 0 bridgehead atoms. The van der Waals surface area contributed by atoms with Crippen molar-refractivity contribution in [3.8, 4) is 12.3 Å². The highest BCUT2D eigenvalue weighted by molar-refractivity contribution is 6.35. The maximum Gasteiger partial charge on any atom is 0.215 e. The van der Waals surface area contributed by atoms with E-state index in [0.717, 1.165) is 0 Å². The Morgan fingerprint density at radius 1 is 1.44 bits per heavy atom. The van der Waals surface area contributed by atoms with Gasteiger partial charge in [0.1, 0.15) is 12.7 Å². The molecule has 1 aliphatic rings. The molecule has 1 saturated heterocycles. The van der Waals surface area contributed by atoms with Crippen LogP contribution in [-0.4, -0.2) is 35.5 Å². The number of hydrogen-bond donors (Lipinski definition) is 0. The summed E-state index contributed by atoms with van der Waals surface area (Å²) in [7, 11) is 0. The van der Waals surface area contributed by atoms with E-state index in [2.05, 4.69) is 10.9 Å². The summed E-state index contributed by atoms with van der Waals surface area (Å²) < 4.78 is 19.5. The van der Waals surface area contributed by atoms with Crippen molar-refractivity contribution in [2.45, 2.75) is 18.4 Å². The van der Waals surface area contributed by atoms with Gasteiger partial charge >= 0.3 is 0 Å². The van der Waals surface area contributed by atoms with Gasteiger partial charge in [0.15, 0.2) is 0 Å². The molecule has 134 valence electrons. The van der Waals surface area contributed by atoms with Crippen LogP contribution in [0.2, 0.25) is 10.0 Å². The predicted molar refractivity (Wildman–Crippen MR) is 98.1 cm³/mol. The molecule has 0 saturated carbocycles. The molecule has 1 aliphatic heterocycles. The first-order valence-electron chi connectivity index (χ1n) is 7.37. The number of rotatable bonds is 6. The molecule has 25 heavy (non-hydrogen) atoms. The van der Waals surface area contributed by atoms with Crippen LogP contribution in [0.5, 0.6) is 0 Å². The van der Waals surface area contributed by atoms with E-state index in [1.807, 2.05) is 16.8 Å². The van der Waals surface area contributed by atoms with Crippen molar-refractivity contribution in [1.29, 1.82) is 0 Å². The lowest BCUT2D eigenvalue weighted by Gasteiger charge is -2.29. The Bertz CT molecular complexity index is 733. The fraction of sp³-hybridized carbons (Fsp3) is 0.353. The first-order chi connectivity index (χ1) is 11.6. The normalized spacial score (nSPS) is 22.4. The molecule has 5 nitrogen and oxygen atoms in total. The fourth-order valence-electron chi connectivity index (χ4n) is 2.62. The highest BCUT2D eigenvalue weighted by Crippen LogP contribution is 2.40. The second-order valence-electron chi connectivity index (χ2n) is 5.38. The van der Waals surface area contributed by atoms with Crippen molar-refractivity contribution < 1.29 is 14.2 Å². The van der Waals surface area contributed by atoms with Gasteiger partial charge in [-0.1, -0.05) is 35.2 Å². The van der Waals surface area contributed by atoms with Crippen LogP contribution in [0.3, 0.4) is 0 Å². The van der Waals surface area contributed by atoms with E-state index >= 15 is 0 Å². The molecule has 2 aromatic rings. The van der Waals surface area contributed by atoms with Crippen LogP contribution >= 0.6 is 35.6 Å². The number of nitrogens with zero attached hydrogens (tertiary/aromatic N) is 2. The fourth-order valence-corrected chi connectivity index (χ4v) is 3.18. The Hall–Kier alpha value is -1.26. The maximum atomic E-state index is 6.39. The molecule has 1 aromatic heterocycles. The Kier molecular flexibility index (Phi) is 7.14. The Labute approximate surface area is 162 Å².